The molecule has 1 N–H and O–H groups in total. The Morgan fingerprint density at radius 1 is 1.33 bits per heavy atom. The summed E-state index contributed by atoms with van der Waals surface area (Å²) < 4.78 is 2.11. The highest BCUT2D eigenvalue weighted by Gasteiger charge is 2.16. The zero-order valence-corrected chi connectivity index (χ0v) is 13.0. The first-order chi connectivity index (χ1) is 10.3. The van der Waals surface area contributed by atoms with Crippen molar-refractivity contribution in [2.75, 3.05) is 7.05 Å². The van der Waals surface area contributed by atoms with Crippen molar-refractivity contribution in [1.82, 2.24) is 14.7 Å². The highest BCUT2D eigenvalue weighted by atomic mass is 32.1. The van der Waals surface area contributed by atoms with E-state index in [1.165, 1.54) is 30.4 Å². The molecule has 21 heavy (non-hydrogen) atoms. The van der Waals surface area contributed by atoms with E-state index in [-0.39, 0.29) is 0 Å². The second kappa shape index (κ2) is 5.28. The summed E-state index contributed by atoms with van der Waals surface area (Å²) in [6, 6.07) is 7.32. The van der Waals surface area contributed by atoms with Gasteiger partial charge in [0, 0.05) is 30.2 Å². The number of thiazole rings is 1. The van der Waals surface area contributed by atoms with Gasteiger partial charge in [-0.15, -0.1) is 11.3 Å². The number of nitrogens with one attached hydrogen (secondary N) is 1. The first-order valence-corrected chi connectivity index (χ1v) is 8.41. The topological polar surface area (TPSA) is 29.3 Å². The Morgan fingerprint density at radius 3 is 3.10 bits per heavy atom. The Balaban J connectivity index is 1.60. The molecule has 0 radical (unpaired) electrons. The molecule has 4 rings (SSSR count). The van der Waals surface area contributed by atoms with Crippen LogP contribution in [0.5, 0.6) is 0 Å². The fourth-order valence-corrected chi connectivity index (χ4v) is 4.00. The van der Waals surface area contributed by atoms with E-state index in [0.29, 0.717) is 6.04 Å². The van der Waals surface area contributed by atoms with E-state index in [1.54, 1.807) is 16.9 Å². The third-order valence-corrected chi connectivity index (χ3v) is 5.20. The van der Waals surface area contributed by atoms with Crippen LogP contribution in [0.25, 0.3) is 4.96 Å². The second-order valence-corrected chi connectivity index (χ2v) is 6.63. The number of benzene rings is 1. The Labute approximate surface area is 128 Å². The van der Waals surface area contributed by atoms with Crippen LogP contribution in [-0.4, -0.2) is 16.4 Å². The molecule has 0 fully saturated rings. The molecule has 1 aliphatic carbocycles. The summed E-state index contributed by atoms with van der Waals surface area (Å²) >= 11 is 1.69. The van der Waals surface area contributed by atoms with Gasteiger partial charge in [0.1, 0.15) is 0 Å². The molecule has 0 spiro atoms. The van der Waals surface area contributed by atoms with Crippen LogP contribution in [0.15, 0.2) is 36.0 Å². The lowest BCUT2D eigenvalue weighted by Gasteiger charge is -2.16. The average Bonchev–Trinajstić information content (AvgIpc) is 3.18. The van der Waals surface area contributed by atoms with Gasteiger partial charge in [0.05, 0.1) is 5.69 Å². The molecule has 0 aliphatic heterocycles. The number of likely N-dealkylation sites (N-methyl/N-ethyl adjacent to an activating group) is 1. The highest BCUT2D eigenvalue weighted by molar-refractivity contribution is 7.15. The van der Waals surface area contributed by atoms with Crippen molar-refractivity contribution in [2.45, 2.75) is 31.7 Å². The largest absolute Gasteiger partial charge is 0.313 e. The number of aromatic nitrogens is 2. The van der Waals surface area contributed by atoms with Crippen LogP contribution in [0.1, 0.15) is 34.8 Å². The summed E-state index contributed by atoms with van der Waals surface area (Å²) in [5, 5.41) is 5.52. The molecule has 3 aromatic rings. The molecule has 2 aromatic heterocycles. The first kappa shape index (κ1) is 13.0. The van der Waals surface area contributed by atoms with Gasteiger partial charge in [-0.2, -0.15) is 0 Å². The van der Waals surface area contributed by atoms with Crippen LogP contribution in [-0.2, 0) is 19.3 Å². The van der Waals surface area contributed by atoms with Gasteiger partial charge < -0.3 is 5.32 Å². The maximum absolute atomic E-state index is 4.70. The molecule has 1 unspecified atom stereocenters. The molecule has 3 nitrogen and oxygen atoms in total. The molecular formula is C17H19N3S. The molecule has 1 aliphatic rings. The van der Waals surface area contributed by atoms with Gasteiger partial charge >= 0.3 is 0 Å². The van der Waals surface area contributed by atoms with Crippen molar-refractivity contribution in [3.63, 3.8) is 0 Å². The maximum Gasteiger partial charge on any atom is 0.193 e. The number of hydrogen-bond donors (Lipinski definition) is 1. The normalized spacial score (nSPS) is 15.5. The quantitative estimate of drug-likeness (QED) is 0.800. The van der Waals surface area contributed by atoms with E-state index in [4.69, 9.17) is 4.98 Å². The van der Waals surface area contributed by atoms with Gasteiger partial charge in [0.25, 0.3) is 0 Å². The molecule has 1 atom stereocenters. The minimum absolute atomic E-state index is 0.334. The monoisotopic (exact) mass is 297 g/mol. The summed E-state index contributed by atoms with van der Waals surface area (Å²) in [5.74, 6) is 0. The minimum atomic E-state index is 0.334. The summed E-state index contributed by atoms with van der Waals surface area (Å²) in [4.78, 5) is 5.78. The number of imidazole rings is 1. The van der Waals surface area contributed by atoms with Crippen molar-refractivity contribution in [2.24, 2.45) is 0 Å². The number of rotatable bonds is 4. The molecule has 2 heterocycles. The highest BCUT2D eigenvalue weighted by Crippen LogP contribution is 2.27. The molecule has 4 heteroatoms. The Kier molecular flexibility index (Phi) is 3.28. The van der Waals surface area contributed by atoms with Crippen molar-refractivity contribution < 1.29 is 0 Å². The molecule has 0 bridgehead atoms. The van der Waals surface area contributed by atoms with E-state index in [1.807, 2.05) is 7.05 Å². The van der Waals surface area contributed by atoms with Crippen molar-refractivity contribution in [3.05, 3.63) is 58.4 Å². The standard InChI is InChI=1S/C17H19N3S/c1-18-16(10-15-11-20-7-8-21-17(20)19-15)14-6-5-12-3-2-4-13(12)9-14/h5-9,11,16,18H,2-4,10H2,1H3. The predicted octanol–water partition coefficient (Wildman–Crippen LogP) is 3.39. The van der Waals surface area contributed by atoms with Gasteiger partial charge in [-0.05, 0) is 43.0 Å². The SMILES string of the molecule is CNC(Cc1cn2ccsc2n1)c1ccc2c(c1)CCC2. The summed E-state index contributed by atoms with van der Waals surface area (Å²) in [7, 11) is 2.04. The second-order valence-electron chi connectivity index (χ2n) is 5.75. The zero-order valence-electron chi connectivity index (χ0n) is 12.2. The van der Waals surface area contributed by atoms with Crippen molar-refractivity contribution in [3.8, 4) is 0 Å². The van der Waals surface area contributed by atoms with Crippen LogP contribution in [0.3, 0.4) is 0 Å². The number of fused-ring (bicyclic) bond motifs is 2. The van der Waals surface area contributed by atoms with Crippen LogP contribution in [0.2, 0.25) is 0 Å². The number of hydrogen-bond acceptors (Lipinski definition) is 3. The lowest BCUT2D eigenvalue weighted by molar-refractivity contribution is 0.585. The minimum Gasteiger partial charge on any atom is -0.313 e. The number of aryl methyl sites for hydroxylation is 2. The summed E-state index contributed by atoms with van der Waals surface area (Å²) in [6.07, 6.45) is 8.94. The summed E-state index contributed by atoms with van der Waals surface area (Å²) in [6.45, 7) is 0. The Bertz CT molecular complexity index is 743. The fourth-order valence-electron chi connectivity index (χ4n) is 3.28. The van der Waals surface area contributed by atoms with Crippen LogP contribution < -0.4 is 5.32 Å². The molecule has 0 saturated heterocycles. The zero-order chi connectivity index (χ0) is 14.2. The fraction of sp³-hybridized carbons (Fsp3) is 0.353. The van der Waals surface area contributed by atoms with Crippen LogP contribution in [0, 0.1) is 0 Å². The Hall–Kier alpha value is -1.65. The maximum atomic E-state index is 4.70. The first-order valence-electron chi connectivity index (χ1n) is 7.53. The third kappa shape index (κ3) is 2.39. The lowest BCUT2D eigenvalue weighted by Crippen LogP contribution is -2.19. The lowest BCUT2D eigenvalue weighted by atomic mass is 9.98. The molecule has 1 aromatic carbocycles. The molecule has 0 saturated carbocycles. The van der Waals surface area contributed by atoms with Gasteiger partial charge in [-0.3, -0.25) is 4.40 Å². The Morgan fingerprint density at radius 2 is 2.24 bits per heavy atom. The van der Waals surface area contributed by atoms with E-state index < -0.39 is 0 Å². The van der Waals surface area contributed by atoms with Gasteiger partial charge in [0.2, 0.25) is 0 Å². The van der Waals surface area contributed by atoms with E-state index >= 15 is 0 Å². The molecule has 0 amide bonds. The molecule has 108 valence electrons. The van der Waals surface area contributed by atoms with Gasteiger partial charge in [-0.1, -0.05) is 18.2 Å². The van der Waals surface area contributed by atoms with E-state index in [0.717, 1.165) is 17.1 Å². The van der Waals surface area contributed by atoms with Crippen molar-refractivity contribution in [1.29, 1.82) is 0 Å². The van der Waals surface area contributed by atoms with Crippen molar-refractivity contribution >= 4 is 16.3 Å². The van der Waals surface area contributed by atoms with E-state index in [2.05, 4.69) is 45.7 Å². The molecular weight excluding hydrogens is 278 g/mol. The smallest absolute Gasteiger partial charge is 0.193 e. The average molecular weight is 297 g/mol. The number of nitrogens with zero attached hydrogens (tertiary/aromatic N) is 2. The van der Waals surface area contributed by atoms with Gasteiger partial charge in [0.15, 0.2) is 4.96 Å². The third-order valence-electron chi connectivity index (χ3n) is 4.43. The van der Waals surface area contributed by atoms with Crippen LogP contribution >= 0.6 is 11.3 Å². The van der Waals surface area contributed by atoms with Gasteiger partial charge in [-0.25, -0.2) is 4.98 Å². The van der Waals surface area contributed by atoms with E-state index in [9.17, 15) is 0 Å². The summed E-state index contributed by atoms with van der Waals surface area (Å²) in [5.41, 5.74) is 5.62. The predicted molar refractivity (Wildman–Crippen MR) is 87.0 cm³/mol. The van der Waals surface area contributed by atoms with Crippen LogP contribution in [0.4, 0.5) is 0 Å².